The first-order chi connectivity index (χ1) is 13.2. The average Bonchev–Trinajstić information content (AvgIpc) is 3.43. The molecule has 1 atom stereocenters. The van der Waals surface area contributed by atoms with E-state index in [0.29, 0.717) is 18.2 Å². The number of aromatic nitrogens is 5. The number of amides is 1. The normalized spacial score (nSPS) is 15.7. The van der Waals surface area contributed by atoms with Gasteiger partial charge in [-0.1, -0.05) is 43.2 Å². The number of nitrogens with one attached hydrogen (secondary N) is 1. The molecule has 4 rings (SSSR count). The Bertz CT molecular complexity index is 894. The molecule has 2 aromatic heterocycles. The quantitative estimate of drug-likeness (QED) is 0.729. The van der Waals surface area contributed by atoms with E-state index in [2.05, 4.69) is 25.2 Å². The van der Waals surface area contributed by atoms with E-state index < -0.39 is 0 Å². The van der Waals surface area contributed by atoms with Gasteiger partial charge in [-0.25, -0.2) is 0 Å². The summed E-state index contributed by atoms with van der Waals surface area (Å²) in [6.45, 7) is 2.58. The maximum atomic E-state index is 12.6. The molecule has 1 saturated carbocycles. The second kappa shape index (κ2) is 7.73. The lowest BCUT2D eigenvalue weighted by atomic mass is 10.2. The zero-order valence-corrected chi connectivity index (χ0v) is 15.5. The molecule has 1 aliphatic rings. The molecule has 0 aliphatic heterocycles. The number of carbonyl (C=O) groups excluding carboxylic acids is 1. The molecule has 0 spiro atoms. The van der Waals surface area contributed by atoms with Gasteiger partial charge < -0.3 is 9.88 Å². The second-order valence-corrected chi connectivity index (χ2v) is 7.14. The molecule has 0 saturated heterocycles. The molecule has 27 heavy (non-hydrogen) atoms. The molecule has 0 radical (unpaired) electrons. The summed E-state index contributed by atoms with van der Waals surface area (Å²) in [5, 5.41) is 15.6. The van der Waals surface area contributed by atoms with E-state index in [9.17, 15) is 4.79 Å². The van der Waals surface area contributed by atoms with E-state index in [1.807, 2.05) is 37.3 Å². The summed E-state index contributed by atoms with van der Waals surface area (Å²) in [6.07, 6.45) is 9.94. The summed E-state index contributed by atoms with van der Waals surface area (Å²) < 4.78 is 3.90. The van der Waals surface area contributed by atoms with Crippen molar-refractivity contribution in [3.63, 3.8) is 0 Å². The Balaban J connectivity index is 1.41. The van der Waals surface area contributed by atoms with E-state index in [-0.39, 0.29) is 11.9 Å². The lowest BCUT2D eigenvalue weighted by molar-refractivity contribution is 0.0937. The minimum atomic E-state index is -0.210. The highest BCUT2D eigenvalue weighted by molar-refractivity contribution is 5.93. The molecule has 0 unspecified atom stereocenters. The van der Waals surface area contributed by atoms with Crippen LogP contribution in [-0.4, -0.2) is 30.5 Å². The Hall–Kier alpha value is -2.96. The van der Waals surface area contributed by atoms with E-state index in [1.165, 1.54) is 12.8 Å². The van der Waals surface area contributed by atoms with Gasteiger partial charge in [0.15, 0.2) is 5.82 Å². The molecule has 1 aliphatic carbocycles. The maximum Gasteiger partial charge on any atom is 0.255 e. The maximum absolute atomic E-state index is 12.6. The number of rotatable bonds is 6. The molecule has 1 fully saturated rings. The largest absolute Gasteiger partial charge is 0.342 e. The molecule has 140 valence electrons. The highest BCUT2D eigenvalue weighted by Gasteiger charge is 2.24. The molecular weight excluding hydrogens is 340 g/mol. The number of carbonyl (C=O) groups is 1. The Labute approximate surface area is 158 Å². The van der Waals surface area contributed by atoms with Gasteiger partial charge in [-0.15, -0.1) is 10.2 Å². The van der Waals surface area contributed by atoms with Crippen LogP contribution in [0.4, 0.5) is 0 Å². The van der Waals surface area contributed by atoms with Gasteiger partial charge in [0, 0.05) is 12.2 Å². The van der Waals surface area contributed by atoms with Gasteiger partial charge in [0.05, 0.1) is 24.3 Å². The van der Waals surface area contributed by atoms with Crippen LogP contribution in [0, 0.1) is 0 Å². The summed E-state index contributed by atoms with van der Waals surface area (Å²) in [5.41, 5.74) is 1.69. The van der Waals surface area contributed by atoms with Gasteiger partial charge >= 0.3 is 0 Å². The number of hydrogen-bond donors (Lipinski definition) is 1. The summed E-state index contributed by atoms with van der Waals surface area (Å²) in [4.78, 5) is 12.6. The molecule has 7 heteroatoms. The fourth-order valence-electron chi connectivity index (χ4n) is 3.71. The van der Waals surface area contributed by atoms with Crippen LogP contribution in [0.3, 0.4) is 0 Å². The van der Waals surface area contributed by atoms with Crippen LogP contribution >= 0.6 is 0 Å². The van der Waals surface area contributed by atoms with Crippen LogP contribution in [0.25, 0.3) is 0 Å². The topological polar surface area (TPSA) is 77.6 Å². The van der Waals surface area contributed by atoms with Crippen LogP contribution in [0.15, 0.2) is 49.1 Å². The SMILES string of the molecule is C[C@@H](NC(=O)c1cnn(Cc2ccccc2)c1)c1nncn1C1CCCC1. The fraction of sp³-hybridized carbons (Fsp3) is 0.400. The van der Waals surface area contributed by atoms with Crippen molar-refractivity contribution in [2.24, 2.45) is 0 Å². The first kappa shape index (κ1) is 17.5. The number of benzene rings is 1. The first-order valence-electron chi connectivity index (χ1n) is 9.47. The Morgan fingerprint density at radius 3 is 2.81 bits per heavy atom. The van der Waals surface area contributed by atoms with Crippen LogP contribution in [0.5, 0.6) is 0 Å². The third-order valence-corrected chi connectivity index (χ3v) is 5.14. The van der Waals surface area contributed by atoms with Crippen molar-refractivity contribution in [2.75, 3.05) is 0 Å². The average molecular weight is 364 g/mol. The van der Waals surface area contributed by atoms with Crippen LogP contribution in [0.1, 0.15) is 66.4 Å². The smallest absolute Gasteiger partial charge is 0.255 e. The van der Waals surface area contributed by atoms with Gasteiger partial charge in [-0.3, -0.25) is 9.48 Å². The minimum Gasteiger partial charge on any atom is -0.342 e. The van der Waals surface area contributed by atoms with Gasteiger partial charge in [0.2, 0.25) is 0 Å². The molecule has 7 nitrogen and oxygen atoms in total. The lowest BCUT2D eigenvalue weighted by Crippen LogP contribution is -2.29. The summed E-state index contributed by atoms with van der Waals surface area (Å²) in [5.74, 6) is 0.662. The van der Waals surface area contributed by atoms with Gasteiger partial charge in [0.1, 0.15) is 6.33 Å². The third kappa shape index (κ3) is 3.92. The highest BCUT2D eigenvalue weighted by atomic mass is 16.1. The number of nitrogens with zero attached hydrogens (tertiary/aromatic N) is 5. The van der Waals surface area contributed by atoms with Gasteiger partial charge in [-0.2, -0.15) is 5.10 Å². The second-order valence-electron chi connectivity index (χ2n) is 7.14. The van der Waals surface area contributed by atoms with Crippen molar-refractivity contribution in [1.82, 2.24) is 29.9 Å². The van der Waals surface area contributed by atoms with Crippen molar-refractivity contribution in [1.29, 1.82) is 0 Å². The van der Waals surface area contributed by atoms with Crippen molar-refractivity contribution < 1.29 is 4.79 Å². The Morgan fingerprint density at radius 1 is 1.26 bits per heavy atom. The molecular formula is C20H24N6O. The van der Waals surface area contributed by atoms with Gasteiger partial charge in [0.25, 0.3) is 5.91 Å². The van der Waals surface area contributed by atoms with Crippen molar-refractivity contribution in [3.05, 3.63) is 66.0 Å². The van der Waals surface area contributed by atoms with Crippen LogP contribution in [-0.2, 0) is 6.54 Å². The predicted molar refractivity (Wildman–Crippen MR) is 101 cm³/mol. The van der Waals surface area contributed by atoms with Crippen LogP contribution in [0.2, 0.25) is 0 Å². The van der Waals surface area contributed by atoms with Crippen LogP contribution < -0.4 is 5.32 Å². The Morgan fingerprint density at radius 2 is 2.04 bits per heavy atom. The van der Waals surface area contributed by atoms with Crippen molar-refractivity contribution in [3.8, 4) is 0 Å². The van der Waals surface area contributed by atoms with E-state index >= 15 is 0 Å². The zero-order chi connectivity index (χ0) is 18.6. The summed E-state index contributed by atoms with van der Waals surface area (Å²) in [6, 6.07) is 10.3. The van der Waals surface area contributed by atoms with E-state index in [1.54, 1.807) is 23.4 Å². The highest BCUT2D eigenvalue weighted by Crippen LogP contribution is 2.31. The summed E-state index contributed by atoms with van der Waals surface area (Å²) >= 11 is 0. The molecule has 1 amide bonds. The lowest BCUT2D eigenvalue weighted by Gasteiger charge is -2.18. The first-order valence-corrected chi connectivity index (χ1v) is 9.47. The van der Waals surface area contributed by atoms with Crippen molar-refractivity contribution >= 4 is 5.91 Å². The molecule has 1 N–H and O–H groups in total. The van der Waals surface area contributed by atoms with E-state index in [4.69, 9.17) is 0 Å². The van der Waals surface area contributed by atoms with E-state index in [0.717, 1.165) is 24.2 Å². The molecule has 2 heterocycles. The summed E-state index contributed by atoms with van der Waals surface area (Å²) in [7, 11) is 0. The zero-order valence-electron chi connectivity index (χ0n) is 15.5. The third-order valence-electron chi connectivity index (χ3n) is 5.14. The molecule has 1 aromatic carbocycles. The number of hydrogen-bond acceptors (Lipinski definition) is 4. The Kier molecular flexibility index (Phi) is 5.00. The fourth-order valence-corrected chi connectivity index (χ4v) is 3.71. The predicted octanol–water partition coefficient (Wildman–Crippen LogP) is 3.13. The van der Waals surface area contributed by atoms with Crippen molar-refractivity contribution in [2.45, 2.75) is 51.2 Å². The molecule has 0 bridgehead atoms. The molecule has 3 aromatic rings. The minimum absolute atomic E-state index is 0.150. The van der Waals surface area contributed by atoms with Gasteiger partial charge in [-0.05, 0) is 25.3 Å². The monoisotopic (exact) mass is 364 g/mol. The standard InChI is InChI=1S/C20H24N6O/c1-15(19-24-21-14-26(19)18-9-5-6-10-18)23-20(27)17-11-22-25(13-17)12-16-7-3-2-4-8-16/h2-4,7-8,11,13-15,18H,5-6,9-10,12H2,1H3,(H,23,27)/t15-/m1/s1.